The van der Waals surface area contributed by atoms with Crippen LogP contribution in [0.1, 0.15) is 45.4 Å². The van der Waals surface area contributed by atoms with Crippen LogP contribution < -0.4 is 5.32 Å². The monoisotopic (exact) mass is 208 g/mol. The Kier molecular flexibility index (Phi) is 2.52. The highest BCUT2D eigenvalue weighted by Gasteiger charge is 2.42. The van der Waals surface area contributed by atoms with Crippen LogP contribution in [0.15, 0.2) is 0 Å². The zero-order valence-electron chi connectivity index (χ0n) is 9.97. The van der Waals surface area contributed by atoms with E-state index in [1.54, 1.807) is 0 Å². The summed E-state index contributed by atoms with van der Waals surface area (Å²) in [5.41, 5.74) is 0.477. The molecular weight excluding hydrogens is 184 g/mol. The third kappa shape index (κ3) is 1.72. The minimum absolute atomic E-state index is 0.477. The molecular formula is C13H24N2. The van der Waals surface area contributed by atoms with Crippen molar-refractivity contribution in [2.75, 3.05) is 19.6 Å². The first kappa shape index (κ1) is 10.1. The van der Waals surface area contributed by atoms with E-state index in [1.807, 2.05) is 0 Å². The van der Waals surface area contributed by atoms with Crippen LogP contribution in [0, 0.1) is 5.92 Å². The number of likely N-dealkylation sites (tertiary alicyclic amines) is 1. The van der Waals surface area contributed by atoms with E-state index in [4.69, 9.17) is 0 Å². The summed E-state index contributed by atoms with van der Waals surface area (Å²) in [4.78, 5) is 2.79. The molecule has 2 saturated heterocycles. The van der Waals surface area contributed by atoms with E-state index in [0.29, 0.717) is 5.54 Å². The predicted octanol–water partition coefficient (Wildman–Crippen LogP) is 2.00. The zero-order valence-corrected chi connectivity index (χ0v) is 9.97. The molecule has 3 atom stereocenters. The van der Waals surface area contributed by atoms with Gasteiger partial charge in [-0.25, -0.2) is 0 Å². The molecule has 0 aromatic carbocycles. The SMILES string of the molecule is CCC1(CN2CC3CCC2C3)CCCN1. The first-order valence-electron chi connectivity index (χ1n) is 6.80. The first-order chi connectivity index (χ1) is 7.31. The minimum atomic E-state index is 0.477. The number of rotatable bonds is 3. The van der Waals surface area contributed by atoms with Crippen LogP contribution in [0.25, 0.3) is 0 Å². The first-order valence-corrected chi connectivity index (χ1v) is 6.80. The average molecular weight is 208 g/mol. The molecule has 86 valence electrons. The van der Waals surface area contributed by atoms with E-state index < -0.39 is 0 Å². The summed E-state index contributed by atoms with van der Waals surface area (Å²) in [6.07, 6.45) is 8.58. The lowest BCUT2D eigenvalue weighted by atomic mass is 9.92. The van der Waals surface area contributed by atoms with Crippen molar-refractivity contribution < 1.29 is 0 Å². The molecule has 0 aromatic rings. The molecule has 2 nitrogen and oxygen atoms in total. The van der Waals surface area contributed by atoms with Crippen molar-refractivity contribution in [3.05, 3.63) is 0 Å². The molecule has 0 amide bonds. The molecule has 2 aliphatic heterocycles. The van der Waals surface area contributed by atoms with Gasteiger partial charge in [-0.15, -0.1) is 0 Å². The largest absolute Gasteiger partial charge is 0.310 e. The Bertz CT molecular complexity index is 233. The standard InChI is InChI=1S/C13H24N2/c1-2-13(6-3-7-14-13)10-15-9-11-4-5-12(15)8-11/h11-12,14H,2-10H2,1H3. The van der Waals surface area contributed by atoms with Gasteiger partial charge in [0.25, 0.3) is 0 Å². The zero-order chi connectivity index (χ0) is 10.3. The molecule has 2 heterocycles. The number of hydrogen-bond acceptors (Lipinski definition) is 2. The second-order valence-corrected chi connectivity index (χ2v) is 5.93. The van der Waals surface area contributed by atoms with Crippen LogP contribution >= 0.6 is 0 Å². The minimum Gasteiger partial charge on any atom is -0.310 e. The van der Waals surface area contributed by atoms with Crippen LogP contribution in [-0.2, 0) is 0 Å². The van der Waals surface area contributed by atoms with Crippen LogP contribution in [0.2, 0.25) is 0 Å². The molecule has 1 aliphatic carbocycles. The van der Waals surface area contributed by atoms with E-state index >= 15 is 0 Å². The summed E-state index contributed by atoms with van der Waals surface area (Å²) in [6, 6.07) is 0.945. The summed E-state index contributed by atoms with van der Waals surface area (Å²) in [5.74, 6) is 1.05. The van der Waals surface area contributed by atoms with Gasteiger partial charge >= 0.3 is 0 Å². The molecule has 0 spiro atoms. The quantitative estimate of drug-likeness (QED) is 0.763. The Morgan fingerprint density at radius 2 is 2.33 bits per heavy atom. The fourth-order valence-corrected chi connectivity index (χ4v) is 4.03. The highest BCUT2D eigenvalue weighted by molar-refractivity contribution is 5.00. The van der Waals surface area contributed by atoms with Gasteiger partial charge in [-0.3, -0.25) is 4.90 Å². The Morgan fingerprint density at radius 1 is 1.40 bits per heavy atom. The average Bonchev–Trinajstić information content (AvgIpc) is 2.93. The van der Waals surface area contributed by atoms with Gasteiger partial charge in [0.15, 0.2) is 0 Å². The normalized spacial score (nSPS) is 45.4. The molecule has 1 saturated carbocycles. The molecule has 3 aliphatic rings. The Balaban J connectivity index is 1.64. The van der Waals surface area contributed by atoms with E-state index in [0.717, 1.165) is 12.0 Å². The highest BCUT2D eigenvalue weighted by Crippen LogP contribution is 2.39. The Morgan fingerprint density at radius 3 is 2.87 bits per heavy atom. The van der Waals surface area contributed by atoms with Crippen molar-refractivity contribution >= 4 is 0 Å². The molecule has 0 aromatic heterocycles. The number of hydrogen-bond donors (Lipinski definition) is 1. The van der Waals surface area contributed by atoms with Gasteiger partial charge in [0.1, 0.15) is 0 Å². The number of nitrogens with one attached hydrogen (secondary N) is 1. The smallest absolute Gasteiger partial charge is 0.0306 e. The predicted molar refractivity (Wildman–Crippen MR) is 63.0 cm³/mol. The van der Waals surface area contributed by atoms with Gasteiger partial charge < -0.3 is 5.32 Å². The maximum absolute atomic E-state index is 3.76. The molecule has 15 heavy (non-hydrogen) atoms. The molecule has 3 rings (SSSR count). The molecule has 3 fully saturated rings. The van der Waals surface area contributed by atoms with E-state index in [2.05, 4.69) is 17.1 Å². The maximum Gasteiger partial charge on any atom is 0.0306 e. The van der Waals surface area contributed by atoms with Crippen molar-refractivity contribution in [1.82, 2.24) is 10.2 Å². The third-order valence-corrected chi connectivity index (χ3v) is 5.04. The maximum atomic E-state index is 3.76. The summed E-state index contributed by atoms with van der Waals surface area (Å²) in [5, 5.41) is 3.76. The number of piperidine rings is 1. The fraction of sp³-hybridized carbons (Fsp3) is 1.00. The topological polar surface area (TPSA) is 15.3 Å². The van der Waals surface area contributed by atoms with Crippen molar-refractivity contribution in [1.29, 1.82) is 0 Å². The van der Waals surface area contributed by atoms with E-state index in [-0.39, 0.29) is 0 Å². The second kappa shape index (κ2) is 3.74. The Hall–Kier alpha value is -0.0800. The van der Waals surface area contributed by atoms with Gasteiger partial charge in [0, 0.05) is 24.7 Å². The molecule has 1 N–H and O–H groups in total. The summed E-state index contributed by atoms with van der Waals surface area (Å²) in [7, 11) is 0. The fourth-order valence-electron chi connectivity index (χ4n) is 4.03. The second-order valence-electron chi connectivity index (χ2n) is 5.93. The van der Waals surface area contributed by atoms with Crippen LogP contribution in [0.3, 0.4) is 0 Å². The van der Waals surface area contributed by atoms with Gasteiger partial charge in [0.2, 0.25) is 0 Å². The van der Waals surface area contributed by atoms with Crippen molar-refractivity contribution in [3.63, 3.8) is 0 Å². The summed E-state index contributed by atoms with van der Waals surface area (Å²) >= 11 is 0. The van der Waals surface area contributed by atoms with Gasteiger partial charge in [-0.05, 0) is 51.0 Å². The van der Waals surface area contributed by atoms with Gasteiger partial charge in [-0.1, -0.05) is 6.92 Å². The van der Waals surface area contributed by atoms with Crippen molar-refractivity contribution in [2.24, 2.45) is 5.92 Å². The van der Waals surface area contributed by atoms with Crippen LogP contribution in [0.5, 0.6) is 0 Å². The molecule has 2 bridgehead atoms. The Labute approximate surface area is 93.4 Å². The highest BCUT2D eigenvalue weighted by atomic mass is 15.2. The number of nitrogens with zero attached hydrogens (tertiary/aromatic N) is 1. The van der Waals surface area contributed by atoms with E-state index in [1.165, 1.54) is 58.2 Å². The molecule has 0 radical (unpaired) electrons. The molecule has 2 heteroatoms. The lowest BCUT2D eigenvalue weighted by Gasteiger charge is -2.37. The lowest BCUT2D eigenvalue weighted by molar-refractivity contribution is 0.151. The molecule has 3 unspecified atom stereocenters. The summed E-state index contributed by atoms with van der Waals surface area (Å²) < 4.78 is 0. The lowest BCUT2D eigenvalue weighted by Crippen LogP contribution is -2.51. The van der Waals surface area contributed by atoms with Crippen molar-refractivity contribution in [3.8, 4) is 0 Å². The van der Waals surface area contributed by atoms with Crippen LogP contribution in [0.4, 0.5) is 0 Å². The number of fused-ring (bicyclic) bond motifs is 2. The van der Waals surface area contributed by atoms with Crippen molar-refractivity contribution in [2.45, 2.75) is 57.0 Å². The third-order valence-electron chi connectivity index (χ3n) is 5.04. The summed E-state index contributed by atoms with van der Waals surface area (Å²) in [6.45, 7) is 6.32. The van der Waals surface area contributed by atoms with Crippen LogP contribution in [-0.4, -0.2) is 36.1 Å². The van der Waals surface area contributed by atoms with E-state index in [9.17, 15) is 0 Å². The van der Waals surface area contributed by atoms with Gasteiger partial charge in [-0.2, -0.15) is 0 Å². The van der Waals surface area contributed by atoms with Gasteiger partial charge in [0.05, 0.1) is 0 Å².